The SMILES string of the molecule is CN(C[C@H]1CCCN1)c1ccc([N+](=O)[O-])cn1. The fourth-order valence-electron chi connectivity index (χ4n) is 2.05. The summed E-state index contributed by atoms with van der Waals surface area (Å²) < 4.78 is 0. The number of nitrogens with one attached hydrogen (secondary N) is 1. The van der Waals surface area contributed by atoms with Gasteiger partial charge in [-0.25, -0.2) is 4.98 Å². The van der Waals surface area contributed by atoms with Crippen LogP contribution in [0, 0.1) is 10.1 Å². The molecule has 6 heteroatoms. The Hall–Kier alpha value is -1.69. The van der Waals surface area contributed by atoms with Gasteiger partial charge in [-0.2, -0.15) is 0 Å². The summed E-state index contributed by atoms with van der Waals surface area (Å²) >= 11 is 0. The van der Waals surface area contributed by atoms with Gasteiger partial charge in [-0.15, -0.1) is 0 Å². The van der Waals surface area contributed by atoms with Gasteiger partial charge in [0.15, 0.2) is 0 Å². The van der Waals surface area contributed by atoms with Crippen molar-refractivity contribution in [1.29, 1.82) is 0 Å². The molecule has 0 radical (unpaired) electrons. The van der Waals surface area contributed by atoms with Gasteiger partial charge >= 0.3 is 0 Å². The first-order valence-corrected chi connectivity index (χ1v) is 5.72. The summed E-state index contributed by atoms with van der Waals surface area (Å²) in [5, 5.41) is 13.9. The molecule has 17 heavy (non-hydrogen) atoms. The number of rotatable bonds is 4. The minimum Gasteiger partial charge on any atom is -0.358 e. The first-order valence-electron chi connectivity index (χ1n) is 5.72. The summed E-state index contributed by atoms with van der Waals surface area (Å²) in [5.41, 5.74) is 0.0288. The first kappa shape index (κ1) is 11.8. The topological polar surface area (TPSA) is 71.3 Å². The highest BCUT2D eigenvalue weighted by atomic mass is 16.6. The van der Waals surface area contributed by atoms with E-state index in [1.165, 1.54) is 25.1 Å². The average Bonchev–Trinajstić information content (AvgIpc) is 2.82. The number of nitrogens with zero attached hydrogens (tertiary/aromatic N) is 3. The molecular weight excluding hydrogens is 220 g/mol. The van der Waals surface area contributed by atoms with Crippen molar-refractivity contribution in [3.63, 3.8) is 0 Å². The van der Waals surface area contributed by atoms with Crippen molar-refractivity contribution in [2.45, 2.75) is 18.9 Å². The van der Waals surface area contributed by atoms with Crippen LogP contribution in [-0.4, -0.2) is 36.1 Å². The molecule has 0 bridgehead atoms. The van der Waals surface area contributed by atoms with Crippen LogP contribution in [0.3, 0.4) is 0 Å². The van der Waals surface area contributed by atoms with Crippen LogP contribution in [-0.2, 0) is 0 Å². The number of aromatic nitrogens is 1. The maximum Gasteiger partial charge on any atom is 0.287 e. The molecule has 2 heterocycles. The zero-order chi connectivity index (χ0) is 12.3. The van der Waals surface area contributed by atoms with Crippen molar-refractivity contribution in [2.75, 3.05) is 25.0 Å². The minimum absolute atomic E-state index is 0.0288. The van der Waals surface area contributed by atoms with Gasteiger partial charge in [-0.3, -0.25) is 10.1 Å². The van der Waals surface area contributed by atoms with Gasteiger partial charge in [0.1, 0.15) is 12.0 Å². The number of pyridine rings is 1. The van der Waals surface area contributed by atoms with Crippen LogP contribution in [0.15, 0.2) is 18.3 Å². The maximum absolute atomic E-state index is 10.5. The Morgan fingerprint density at radius 3 is 3.00 bits per heavy atom. The zero-order valence-corrected chi connectivity index (χ0v) is 9.80. The predicted octanol–water partition coefficient (Wildman–Crippen LogP) is 1.18. The maximum atomic E-state index is 10.5. The normalized spacial score (nSPS) is 19.2. The number of nitro groups is 1. The lowest BCUT2D eigenvalue weighted by Crippen LogP contribution is -2.35. The van der Waals surface area contributed by atoms with E-state index >= 15 is 0 Å². The fraction of sp³-hybridized carbons (Fsp3) is 0.545. The highest BCUT2D eigenvalue weighted by Crippen LogP contribution is 2.16. The molecule has 6 nitrogen and oxygen atoms in total. The highest BCUT2D eigenvalue weighted by molar-refractivity contribution is 5.42. The molecule has 1 aliphatic heterocycles. The molecule has 2 rings (SSSR count). The Morgan fingerprint density at radius 2 is 2.47 bits per heavy atom. The first-order chi connectivity index (χ1) is 8.16. The molecule has 0 unspecified atom stereocenters. The molecule has 1 aliphatic rings. The largest absolute Gasteiger partial charge is 0.358 e. The Balaban J connectivity index is 1.98. The van der Waals surface area contributed by atoms with Crippen molar-refractivity contribution < 1.29 is 4.92 Å². The average molecular weight is 236 g/mol. The lowest BCUT2D eigenvalue weighted by molar-refractivity contribution is -0.385. The van der Waals surface area contributed by atoms with E-state index in [4.69, 9.17) is 0 Å². The molecule has 1 saturated heterocycles. The van der Waals surface area contributed by atoms with Crippen molar-refractivity contribution in [3.05, 3.63) is 28.4 Å². The molecule has 0 amide bonds. The number of anilines is 1. The highest BCUT2D eigenvalue weighted by Gasteiger charge is 2.17. The van der Waals surface area contributed by atoms with Crippen molar-refractivity contribution in [1.82, 2.24) is 10.3 Å². The van der Waals surface area contributed by atoms with Crippen LogP contribution < -0.4 is 10.2 Å². The number of likely N-dealkylation sites (N-methyl/N-ethyl adjacent to an activating group) is 1. The Kier molecular flexibility index (Phi) is 3.53. The van der Waals surface area contributed by atoms with E-state index in [-0.39, 0.29) is 5.69 Å². The van der Waals surface area contributed by atoms with Crippen LogP contribution in [0.4, 0.5) is 11.5 Å². The van der Waals surface area contributed by atoms with Crippen LogP contribution in [0.2, 0.25) is 0 Å². The lowest BCUT2D eigenvalue weighted by Gasteiger charge is -2.21. The monoisotopic (exact) mass is 236 g/mol. The third kappa shape index (κ3) is 2.91. The van der Waals surface area contributed by atoms with Crippen LogP contribution in [0.1, 0.15) is 12.8 Å². The van der Waals surface area contributed by atoms with Gasteiger partial charge in [0.05, 0.1) is 4.92 Å². The second-order valence-corrected chi connectivity index (χ2v) is 4.31. The standard InChI is InChI=1S/C11H16N4O2/c1-14(8-9-3-2-6-12-9)11-5-4-10(7-13-11)15(16)17/h4-5,7,9,12H,2-3,6,8H2,1H3/t9-/m1/s1. The number of hydrogen-bond acceptors (Lipinski definition) is 5. The molecule has 1 fully saturated rings. The Bertz CT molecular complexity index is 387. The van der Waals surface area contributed by atoms with Crippen LogP contribution in [0.5, 0.6) is 0 Å². The Labute approximate surface area is 99.8 Å². The molecule has 0 saturated carbocycles. The van der Waals surface area contributed by atoms with Gasteiger partial charge in [0.2, 0.25) is 0 Å². The molecule has 1 N–H and O–H groups in total. The molecule has 0 aliphatic carbocycles. The third-order valence-electron chi connectivity index (χ3n) is 2.99. The van der Waals surface area contributed by atoms with Gasteiger partial charge in [-0.05, 0) is 25.5 Å². The molecule has 1 aromatic heterocycles. The molecule has 0 spiro atoms. The summed E-state index contributed by atoms with van der Waals surface area (Å²) in [7, 11) is 1.95. The van der Waals surface area contributed by atoms with Gasteiger partial charge in [0, 0.05) is 25.7 Å². The van der Waals surface area contributed by atoms with Crippen molar-refractivity contribution >= 4 is 11.5 Å². The van der Waals surface area contributed by atoms with Crippen molar-refractivity contribution in [3.8, 4) is 0 Å². The van der Waals surface area contributed by atoms with Gasteiger partial charge in [0.25, 0.3) is 5.69 Å². The van der Waals surface area contributed by atoms with Crippen molar-refractivity contribution in [2.24, 2.45) is 0 Å². The van der Waals surface area contributed by atoms with E-state index in [0.29, 0.717) is 6.04 Å². The van der Waals surface area contributed by atoms with Crippen LogP contribution >= 0.6 is 0 Å². The predicted molar refractivity (Wildman–Crippen MR) is 65.2 cm³/mol. The van der Waals surface area contributed by atoms with E-state index in [1.54, 1.807) is 6.07 Å². The molecule has 1 aromatic rings. The van der Waals surface area contributed by atoms with E-state index in [0.717, 1.165) is 18.9 Å². The van der Waals surface area contributed by atoms with Gasteiger partial charge < -0.3 is 10.2 Å². The minimum atomic E-state index is -0.435. The summed E-state index contributed by atoms with van der Waals surface area (Å²) in [6.07, 6.45) is 3.69. The fourth-order valence-corrected chi connectivity index (χ4v) is 2.05. The second kappa shape index (κ2) is 5.09. The summed E-state index contributed by atoms with van der Waals surface area (Å²) in [4.78, 5) is 16.2. The smallest absolute Gasteiger partial charge is 0.287 e. The zero-order valence-electron chi connectivity index (χ0n) is 9.80. The third-order valence-corrected chi connectivity index (χ3v) is 2.99. The molecule has 1 atom stereocenters. The summed E-state index contributed by atoms with van der Waals surface area (Å²) in [6.45, 7) is 1.96. The molecular formula is C11H16N4O2. The second-order valence-electron chi connectivity index (χ2n) is 4.31. The van der Waals surface area contributed by atoms with E-state index in [2.05, 4.69) is 10.3 Å². The van der Waals surface area contributed by atoms with Gasteiger partial charge in [-0.1, -0.05) is 0 Å². The Morgan fingerprint density at radius 1 is 1.65 bits per heavy atom. The lowest BCUT2D eigenvalue weighted by atomic mass is 10.2. The molecule has 0 aromatic carbocycles. The van der Waals surface area contributed by atoms with Crippen LogP contribution in [0.25, 0.3) is 0 Å². The summed E-state index contributed by atoms with van der Waals surface area (Å²) in [6, 6.07) is 3.67. The molecule has 92 valence electrons. The van der Waals surface area contributed by atoms with E-state index < -0.39 is 4.92 Å². The quantitative estimate of drug-likeness (QED) is 0.627. The number of hydrogen-bond donors (Lipinski definition) is 1. The van der Waals surface area contributed by atoms with E-state index in [9.17, 15) is 10.1 Å². The van der Waals surface area contributed by atoms with E-state index in [1.807, 2.05) is 11.9 Å². The summed E-state index contributed by atoms with van der Waals surface area (Å²) in [5.74, 6) is 0.768.